The van der Waals surface area contributed by atoms with E-state index in [1.54, 1.807) is 12.4 Å². The van der Waals surface area contributed by atoms with Crippen LogP contribution in [0.2, 0.25) is 0 Å². The Morgan fingerprint density at radius 2 is 1.17 bits per heavy atom. The molecule has 5 heteroatoms. The number of aromatic nitrogens is 5. The van der Waals surface area contributed by atoms with Crippen molar-refractivity contribution in [2.75, 3.05) is 0 Å². The Kier molecular flexibility index (Phi) is 3.88. The lowest BCUT2D eigenvalue weighted by Crippen LogP contribution is -2.01. The van der Waals surface area contributed by atoms with Crippen molar-refractivity contribution < 1.29 is 0 Å². The fraction of sp³-hybridized carbons (Fsp3) is 0. The highest BCUT2D eigenvalue weighted by atomic mass is 15.1. The van der Waals surface area contributed by atoms with Gasteiger partial charge in [-0.3, -0.25) is 14.5 Å². The molecule has 4 aromatic heterocycles. The monoisotopic (exact) mass is 461 g/mol. The van der Waals surface area contributed by atoms with Gasteiger partial charge in [0.2, 0.25) is 0 Å². The largest absolute Gasteiger partial charge is 0.307 e. The molecule has 0 saturated heterocycles. The second-order valence-electron chi connectivity index (χ2n) is 8.95. The first kappa shape index (κ1) is 19.3. The van der Waals surface area contributed by atoms with Crippen molar-refractivity contribution in [3.8, 4) is 11.5 Å². The molecule has 4 heterocycles. The van der Waals surface area contributed by atoms with E-state index in [0.29, 0.717) is 0 Å². The van der Waals surface area contributed by atoms with E-state index in [2.05, 4.69) is 99.0 Å². The van der Waals surface area contributed by atoms with Gasteiger partial charge < -0.3 is 4.57 Å². The van der Waals surface area contributed by atoms with Gasteiger partial charge in [0.15, 0.2) is 5.82 Å². The minimum absolute atomic E-state index is 0.783. The number of para-hydroxylation sites is 3. The Morgan fingerprint density at radius 3 is 1.94 bits per heavy atom. The molecule has 8 aromatic rings. The van der Waals surface area contributed by atoms with Crippen LogP contribution in [0.1, 0.15) is 0 Å². The van der Waals surface area contributed by atoms with Crippen LogP contribution in [0.5, 0.6) is 0 Å². The van der Waals surface area contributed by atoms with Crippen LogP contribution in [0.4, 0.5) is 0 Å². The molecule has 0 fully saturated rings. The first-order valence-electron chi connectivity index (χ1n) is 12.0. The van der Waals surface area contributed by atoms with Crippen molar-refractivity contribution >= 4 is 54.5 Å². The molecule has 0 aliphatic heterocycles. The van der Waals surface area contributed by atoms with Crippen LogP contribution in [0.25, 0.3) is 66.0 Å². The van der Waals surface area contributed by atoms with Crippen LogP contribution in [0.15, 0.2) is 116 Å². The molecule has 0 atom stereocenters. The molecule has 0 aliphatic carbocycles. The van der Waals surface area contributed by atoms with Gasteiger partial charge in [0.25, 0.3) is 0 Å². The van der Waals surface area contributed by atoms with E-state index in [4.69, 9.17) is 9.97 Å². The van der Waals surface area contributed by atoms with Crippen molar-refractivity contribution in [2.45, 2.75) is 0 Å². The Labute approximate surface area is 205 Å². The van der Waals surface area contributed by atoms with Gasteiger partial charge in [0.1, 0.15) is 0 Å². The van der Waals surface area contributed by atoms with E-state index in [9.17, 15) is 0 Å². The second kappa shape index (κ2) is 7.23. The van der Waals surface area contributed by atoms with Crippen LogP contribution < -0.4 is 0 Å². The third kappa shape index (κ3) is 2.46. The second-order valence-corrected chi connectivity index (χ2v) is 8.95. The van der Waals surface area contributed by atoms with Gasteiger partial charge in [0, 0.05) is 51.2 Å². The molecule has 0 saturated carbocycles. The van der Waals surface area contributed by atoms with Gasteiger partial charge in [-0.2, -0.15) is 0 Å². The molecule has 0 radical (unpaired) electrons. The highest BCUT2D eigenvalue weighted by molar-refractivity contribution is 6.35. The first-order valence-corrected chi connectivity index (χ1v) is 12.0. The summed E-state index contributed by atoms with van der Waals surface area (Å²) in [5.74, 6) is 0.783. The third-order valence-corrected chi connectivity index (χ3v) is 7.08. The van der Waals surface area contributed by atoms with Crippen LogP contribution in [0, 0.1) is 0 Å². The molecule has 4 aromatic carbocycles. The van der Waals surface area contributed by atoms with E-state index in [-0.39, 0.29) is 0 Å². The van der Waals surface area contributed by atoms with Gasteiger partial charge in [0.05, 0.1) is 33.8 Å². The molecular weight excluding hydrogens is 442 g/mol. The van der Waals surface area contributed by atoms with Crippen LogP contribution in [-0.4, -0.2) is 24.1 Å². The summed E-state index contributed by atoms with van der Waals surface area (Å²) < 4.78 is 4.62. The van der Waals surface area contributed by atoms with Gasteiger partial charge >= 0.3 is 0 Å². The summed E-state index contributed by atoms with van der Waals surface area (Å²) in [5, 5.41) is 5.81. The topological polar surface area (TPSA) is 48.5 Å². The first-order chi connectivity index (χ1) is 17.9. The van der Waals surface area contributed by atoms with Crippen molar-refractivity contribution in [3.63, 3.8) is 0 Å². The van der Waals surface area contributed by atoms with Crippen LogP contribution in [0.3, 0.4) is 0 Å². The van der Waals surface area contributed by atoms with E-state index < -0.39 is 0 Å². The molecule has 0 spiro atoms. The zero-order valence-corrected chi connectivity index (χ0v) is 19.2. The molecule has 168 valence electrons. The standard InChI is InChI=1S/C31H19N5/c1-2-9-20(10-3-1)35-24-14-6-4-11-21(24)27-23-13-8-16-34-29(23)28-22-12-5-7-15-25(22)36(31(28)30(27)35)26-19-32-17-18-33-26/h1-19H. The fourth-order valence-electron chi connectivity index (χ4n) is 5.74. The van der Waals surface area contributed by atoms with E-state index >= 15 is 0 Å². The average Bonchev–Trinajstić information content (AvgIpc) is 3.48. The van der Waals surface area contributed by atoms with Crippen molar-refractivity contribution in [3.05, 3.63) is 116 Å². The SMILES string of the molecule is c1ccc(-n2c3ccccc3c3c4cccnc4c4c5ccccc5n(-c5cnccn5)c4c32)cc1. The Morgan fingerprint density at radius 1 is 0.500 bits per heavy atom. The maximum absolute atomic E-state index is 4.95. The molecule has 36 heavy (non-hydrogen) atoms. The molecule has 8 rings (SSSR count). The van der Waals surface area contributed by atoms with Crippen LogP contribution in [-0.2, 0) is 0 Å². The zero-order valence-electron chi connectivity index (χ0n) is 19.2. The number of pyridine rings is 1. The number of hydrogen-bond acceptors (Lipinski definition) is 3. The summed E-state index contributed by atoms with van der Waals surface area (Å²) >= 11 is 0. The number of nitrogens with zero attached hydrogens (tertiary/aromatic N) is 5. The number of fused-ring (bicyclic) bond motifs is 10. The predicted octanol–water partition coefficient (Wildman–Crippen LogP) is 7.22. The predicted molar refractivity (Wildman–Crippen MR) is 146 cm³/mol. The van der Waals surface area contributed by atoms with E-state index in [1.807, 2.05) is 18.5 Å². The summed E-state index contributed by atoms with van der Waals surface area (Å²) in [6.07, 6.45) is 7.18. The average molecular weight is 462 g/mol. The maximum Gasteiger partial charge on any atom is 0.156 e. The molecular formula is C31H19N5. The lowest BCUT2D eigenvalue weighted by Gasteiger charge is -2.12. The zero-order chi connectivity index (χ0) is 23.6. The number of benzene rings is 4. The Hall–Kier alpha value is -5.03. The van der Waals surface area contributed by atoms with Gasteiger partial charge in [-0.25, -0.2) is 4.98 Å². The van der Waals surface area contributed by atoms with Gasteiger partial charge in [-0.15, -0.1) is 0 Å². The molecule has 5 nitrogen and oxygen atoms in total. The summed E-state index contributed by atoms with van der Waals surface area (Å²) in [4.78, 5) is 14.1. The maximum atomic E-state index is 4.95. The van der Waals surface area contributed by atoms with E-state index in [1.165, 1.54) is 10.8 Å². The van der Waals surface area contributed by atoms with E-state index in [0.717, 1.165) is 55.2 Å². The smallest absolute Gasteiger partial charge is 0.156 e. The minimum atomic E-state index is 0.783. The summed E-state index contributed by atoms with van der Waals surface area (Å²) in [5.41, 5.74) is 6.57. The highest BCUT2D eigenvalue weighted by Gasteiger charge is 2.25. The van der Waals surface area contributed by atoms with Gasteiger partial charge in [-0.05, 0) is 30.3 Å². The quantitative estimate of drug-likeness (QED) is 0.273. The lowest BCUT2D eigenvalue weighted by molar-refractivity contribution is 1.04. The Balaban J connectivity index is 1.79. The summed E-state index contributed by atoms with van der Waals surface area (Å²) in [6.45, 7) is 0. The summed E-state index contributed by atoms with van der Waals surface area (Å²) in [6, 6.07) is 31.9. The van der Waals surface area contributed by atoms with Crippen LogP contribution >= 0.6 is 0 Å². The lowest BCUT2D eigenvalue weighted by atomic mass is 10.0. The fourth-order valence-corrected chi connectivity index (χ4v) is 5.74. The molecule has 0 aliphatic rings. The molecule has 0 N–H and O–H groups in total. The number of rotatable bonds is 2. The van der Waals surface area contributed by atoms with Gasteiger partial charge in [-0.1, -0.05) is 60.7 Å². The normalized spacial score (nSPS) is 11.9. The van der Waals surface area contributed by atoms with Crippen molar-refractivity contribution in [2.24, 2.45) is 0 Å². The van der Waals surface area contributed by atoms with Crippen molar-refractivity contribution in [1.29, 1.82) is 0 Å². The minimum Gasteiger partial charge on any atom is -0.307 e. The van der Waals surface area contributed by atoms with Crippen molar-refractivity contribution in [1.82, 2.24) is 24.1 Å². The molecule has 0 bridgehead atoms. The summed E-state index contributed by atoms with van der Waals surface area (Å²) in [7, 11) is 0. The Bertz CT molecular complexity index is 1930. The third-order valence-electron chi connectivity index (χ3n) is 7.08. The number of hydrogen-bond donors (Lipinski definition) is 0. The highest BCUT2D eigenvalue weighted by Crippen LogP contribution is 2.45. The molecule has 0 unspecified atom stereocenters. The molecule has 0 amide bonds.